The summed E-state index contributed by atoms with van der Waals surface area (Å²) in [4.78, 5) is 4.48. The van der Waals surface area contributed by atoms with E-state index in [-0.39, 0.29) is 0 Å². The third-order valence-corrected chi connectivity index (χ3v) is 3.54. The van der Waals surface area contributed by atoms with Gasteiger partial charge in [-0.2, -0.15) is 0 Å². The van der Waals surface area contributed by atoms with Crippen molar-refractivity contribution in [2.75, 3.05) is 26.2 Å². The Kier molecular flexibility index (Phi) is 6.92. The average molecular weight is 289 g/mol. The fourth-order valence-corrected chi connectivity index (χ4v) is 2.22. The summed E-state index contributed by atoms with van der Waals surface area (Å²) in [5.74, 6) is 1.92. The predicted octanol–water partition coefficient (Wildman–Crippen LogP) is 2.74. The average Bonchev–Trinajstić information content (AvgIpc) is 2.78. The minimum atomic E-state index is 0.808. The molecule has 0 aromatic heterocycles. The molecule has 21 heavy (non-hydrogen) atoms. The molecule has 0 saturated carbocycles. The molecule has 1 aliphatic rings. The molecule has 1 heterocycles. The smallest absolute Gasteiger partial charge is 0.191 e. The van der Waals surface area contributed by atoms with E-state index in [1.54, 1.807) is 0 Å². The third kappa shape index (κ3) is 6.06. The number of guanidine groups is 1. The summed E-state index contributed by atoms with van der Waals surface area (Å²) >= 11 is 0. The lowest BCUT2D eigenvalue weighted by atomic mass is 10.1. The molecule has 1 aromatic rings. The number of ether oxygens (including phenoxy) is 1. The van der Waals surface area contributed by atoms with Crippen LogP contribution in [0.1, 0.15) is 38.2 Å². The summed E-state index contributed by atoms with van der Waals surface area (Å²) in [6, 6.07) is 8.41. The maximum Gasteiger partial charge on any atom is 0.191 e. The number of benzene rings is 1. The van der Waals surface area contributed by atoms with Crippen LogP contribution in [0.2, 0.25) is 0 Å². The monoisotopic (exact) mass is 289 g/mol. The second-order valence-corrected chi connectivity index (χ2v) is 5.39. The van der Waals surface area contributed by atoms with Gasteiger partial charge in [0.1, 0.15) is 5.75 Å². The largest absolute Gasteiger partial charge is 0.494 e. The summed E-state index contributed by atoms with van der Waals surface area (Å²) in [7, 11) is 0. The van der Waals surface area contributed by atoms with Gasteiger partial charge in [-0.3, -0.25) is 4.99 Å². The van der Waals surface area contributed by atoms with E-state index in [0.717, 1.165) is 50.8 Å². The molecule has 0 unspecified atom stereocenters. The van der Waals surface area contributed by atoms with Gasteiger partial charge in [-0.05, 0) is 43.4 Å². The van der Waals surface area contributed by atoms with Gasteiger partial charge < -0.3 is 15.4 Å². The van der Waals surface area contributed by atoms with Gasteiger partial charge in [0.25, 0.3) is 0 Å². The summed E-state index contributed by atoms with van der Waals surface area (Å²) < 4.78 is 5.67. The van der Waals surface area contributed by atoms with E-state index >= 15 is 0 Å². The maximum absolute atomic E-state index is 5.67. The van der Waals surface area contributed by atoms with Gasteiger partial charge >= 0.3 is 0 Å². The van der Waals surface area contributed by atoms with E-state index in [1.807, 2.05) is 0 Å². The summed E-state index contributed by atoms with van der Waals surface area (Å²) in [5, 5.41) is 6.70. The lowest BCUT2D eigenvalue weighted by Crippen LogP contribution is -2.38. The van der Waals surface area contributed by atoms with Gasteiger partial charge in [0.15, 0.2) is 5.96 Å². The van der Waals surface area contributed by atoms with Crippen LogP contribution in [-0.4, -0.2) is 32.2 Å². The first-order valence-electron chi connectivity index (χ1n) is 8.12. The van der Waals surface area contributed by atoms with Crippen molar-refractivity contribution in [3.05, 3.63) is 29.8 Å². The molecule has 2 rings (SSSR count). The number of nitrogens with zero attached hydrogens (tertiary/aromatic N) is 1. The highest BCUT2D eigenvalue weighted by molar-refractivity contribution is 5.79. The molecule has 2 N–H and O–H groups in total. The zero-order valence-corrected chi connectivity index (χ0v) is 13.0. The minimum absolute atomic E-state index is 0.808. The van der Waals surface area contributed by atoms with Crippen LogP contribution < -0.4 is 15.4 Å². The highest BCUT2D eigenvalue weighted by Crippen LogP contribution is 2.12. The molecule has 116 valence electrons. The number of aliphatic imine (C=N–C) groups is 1. The Morgan fingerprint density at radius 3 is 2.90 bits per heavy atom. The molecule has 4 nitrogen and oxygen atoms in total. The Morgan fingerprint density at radius 2 is 2.10 bits per heavy atom. The summed E-state index contributed by atoms with van der Waals surface area (Å²) in [5.41, 5.74) is 1.32. The SMILES string of the molecule is CCCCOc1ccc(CCNC2=NCCCCN2)cc1. The normalized spacial score (nSPS) is 14.8. The van der Waals surface area contributed by atoms with Gasteiger partial charge in [-0.15, -0.1) is 0 Å². The van der Waals surface area contributed by atoms with Crippen molar-refractivity contribution < 1.29 is 4.74 Å². The summed E-state index contributed by atoms with van der Waals surface area (Å²) in [6.45, 7) is 5.84. The maximum atomic E-state index is 5.67. The van der Waals surface area contributed by atoms with E-state index in [1.165, 1.54) is 24.8 Å². The van der Waals surface area contributed by atoms with E-state index in [4.69, 9.17) is 4.74 Å². The van der Waals surface area contributed by atoms with Crippen LogP contribution >= 0.6 is 0 Å². The predicted molar refractivity (Wildman–Crippen MR) is 88.1 cm³/mol. The van der Waals surface area contributed by atoms with Crippen LogP contribution in [0.3, 0.4) is 0 Å². The quantitative estimate of drug-likeness (QED) is 0.759. The van der Waals surface area contributed by atoms with Crippen molar-refractivity contribution >= 4 is 5.96 Å². The molecular weight excluding hydrogens is 262 g/mol. The molecule has 0 spiro atoms. The fourth-order valence-electron chi connectivity index (χ4n) is 2.22. The Hall–Kier alpha value is -1.71. The van der Waals surface area contributed by atoms with Crippen molar-refractivity contribution in [1.82, 2.24) is 10.6 Å². The van der Waals surface area contributed by atoms with Crippen LogP contribution in [0.5, 0.6) is 5.75 Å². The van der Waals surface area contributed by atoms with Gasteiger partial charge in [0.05, 0.1) is 6.61 Å². The van der Waals surface area contributed by atoms with Crippen LogP contribution in [-0.2, 0) is 6.42 Å². The molecule has 1 aromatic carbocycles. The zero-order chi connectivity index (χ0) is 14.8. The Morgan fingerprint density at radius 1 is 1.24 bits per heavy atom. The van der Waals surface area contributed by atoms with Crippen LogP contribution in [0.15, 0.2) is 29.3 Å². The first kappa shape index (κ1) is 15.7. The standard InChI is InChI=1S/C17H27N3O/c1-2-3-14-21-16-8-6-15(7-9-16)10-13-20-17-18-11-4-5-12-19-17/h6-9H,2-5,10-14H2,1H3,(H2,18,19,20). The molecule has 4 heteroatoms. The van der Waals surface area contributed by atoms with Crippen LogP contribution in [0, 0.1) is 0 Å². The molecular formula is C17H27N3O. The summed E-state index contributed by atoms with van der Waals surface area (Å²) in [6.07, 6.45) is 5.66. The zero-order valence-electron chi connectivity index (χ0n) is 13.0. The second-order valence-electron chi connectivity index (χ2n) is 5.39. The fraction of sp³-hybridized carbons (Fsp3) is 0.588. The first-order chi connectivity index (χ1) is 10.4. The van der Waals surface area contributed by atoms with Crippen molar-refractivity contribution in [3.63, 3.8) is 0 Å². The van der Waals surface area contributed by atoms with Gasteiger partial charge in [-0.1, -0.05) is 25.5 Å². The van der Waals surface area contributed by atoms with Crippen molar-refractivity contribution in [2.45, 2.75) is 39.0 Å². The molecule has 0 atom stereocenters. The van der Waals surface area contributed by atoms with E-state index in [0.29, 0.717) is 0 Å². The number of nitrogens with one attached hydrogen (secondary N) is 2. The third-order valence-electron chi connectivity index (χ3n) is 3.54. The highest BCUT2D eigenvalue weighted by atomic mass is 16.5. The molecule has 0 amide bonds. The number of hydrogen-bond donors (Lipinski definition) is 2. The highest BCUT2D eigenvalue weighted by Gasteiger charge is 2.02. The van der Waals surface area contributed by atoms with Crippen molar-refractivity contribution in [2.24, 2.45) is 4.99 Å². The number of unbranched alkanes of at least 4 members (excludes halogenated alkanes) is 1. The molecule has 0 fully saturated rings. The van der Waals surface area contributed by atoms with Crippen molar-refractivity contribution in [3.8, 4) is 5.75 Å². The van der Waals surface area contributed by atoms with E-state index < -0.39 is 0 Å². The van der Waals surface area contributed by atoms with E-state index in [9.17, 15) is 0 Å². The van der Waals surface area contributed by atoms with Crippen LogP contribution in [0.25, 0.3) is 0 Å². The lowest BCUT2D eigenvalue weighted by molar-refractivity contribution is 0.309. The Labute approximate surface area is 128 Å². The Balaban J connectivity index is 1.69. The second kappa shape index (κ2) is 9.27. The number of hydrogen-bond acceptors (Lipinski definition) is 4. The van der Waals surface area contributed by atoms with Gasteiger partial charge in [0.2, 0.25) is 0 Å². The molecule has 0 aliphatic carbocycles. The first-order valence-corrected chi connectivity index (χ1v) is 8.12. The minimum Gasteiger partial charge on any atom is -0.494 e. The topological polar surface area (TPSA) is 45.6 Å². The molecule has 1 aliphatic heterocycles. The molecule has 0 saturated heterocycles. The number of rotatable bonds is 7. The van der Waals surface area contributed by atoms with Gasteiger partial charge in [0, 0.05) is 19.6 Å². The van der Waals surface area contributed by atoms with Gasteiger partial charge in [-0.25, -0.2) is 0 Å². The molecule has 0 bridgehead atoms. The molecule has 0 radical (unpaired) electrons. The van der Waals surface area contributed by atoms with Crippen LogP contribution in [0.4, 0.5) is 0 Å². The Bertz CT molecular complexity index is 428. The lowest BCUT2D eigenvalue weighted by Gasteiger charge is -2.10. The van der Waals surface area contributed by atoms with Crippen molar-refractivity contribution in [1.29, 1.82) is 0 Å². The van der Waals surface area contributed by atoms with E-state index in [2.05, 4.69) is 46.8 Å².